The first-order valence-electron chi connectivity index (χ1n) is 7.08. The predicted octanol–water partition coefficient (Wildman–Crippen LogP) is 3.41. The van der Waals surface area contributed by atoms with Gasteiger partial charge in [0, 0.05) is 25.3 Å². The van der Waals surface area contributed by atoms with Gasteiger partial charge in [0.15, 0.2) is 0 Å². The van der Waals surface area contributed by atoms with Gasteiger partial charge in [-0.1, -0.05) is 32.0 Å². The molecule has 0 heterocycles. The van der Waals surface area contributed by atoms with E-state index in [1.54, 1.807) is 14.2 Å². The monoisotopic (exact) mass is 265 g/mol. The van der Waals surface area contributed by atoms with Gasteiger partial charge < -0.3 is 14.8 Å². The third kappa shape index (κ3) is 5.21. The first kappa shape index (κ1) is 16.0. The second-order valence-electron chi connectivity index (χ2n) is 5.04. The van der Waals surface area contributed by atoms with E-state index in [-0.39, 0.29) is 0 Å². The highest BCUT2D eigenvalue weighted by atomic mass is 16.5. The summed E-state index contributed by atoms with van der Waals surface area (Å²) in [5, 5.41) is 3.61. The van der Waals surface area contributed by atoms with E-state index in [9.17, 15) is 0 Å². The maximum Gasteiger partial charge on any atom is 0.123 e. The first-order valence-corrected chi connectivity index (χ1v) is 7.08. The molecule has 0 amide bonds. The zero-order valence-electron chi connectivity index (χ0n) is 12.6. The van der Waals surface area contributed by atoms with Crippen molar-refractivity contribution in [1.82, 2.24) is 5.32 Å². The lowest BCUT2D eigenvalue weighted by molar-refractivity contribution is 0.149. The van der Waals surface area contributed by atoms with Crippen molar-refractivity contribution in [3.63, 3.8) is 0 Å². The zero-order chi connectivity index (χ0) is 14.1. The highest BCUT2D eigenvalue weighted by Crippen LogP contribution is 2.29. The topological polar surface area (TPSA) is 30.5 Å². The molecule has 0 aliphatic carbocycles. The minimum absolute atomic E-state index is 0.321. The van der Waals surface area contributed by atoms with Gasteiger partial charge in [-0.2, -0.15) is 0 Å². The lowest BCUT2D eigenvalue weighted by atomic mass is 9.95. The first-order chi connectivity index (χ1) is 9.22. The maximum atomic E-state index is 5.48. The Kier molecular flexibility index (Phi) is 7.53. The van der Waals surface area contributed by atoms with Crippen LogP contribution >= 0.6 is 0 Å². The summed E-state index contributed by atoms with van der Waals surface area (Å²) in [6.07, 6.45) is 2.18. The van der Waals surface area contributed by atoms with Crippen LogP contribution in [0, 0.1) is 5.92 Å². The van der Waals surface area contributed by atoms with Gasteiger partial charge in [-0.3, -0.25) is 0 Å². The molecule has 1 N–H and O–H groups in total. The Labute approximate surface area is 117 Å². The Morgan fingerprint density at radius 1 is 1.21 bits per heavy atom. The maximum absolute atomic E-state index is 5.48. The SMILES string of the molecule is CCCNC(CC(C)COC)c1ccccc1OC. The minimum Gasteiger partial charge on any atom is -0.496 e. The Hall–Kier alpha value is -1.06. The molecular formula is C16H27NO2. The molecule has 108 valence electrons. The van der Waals surface area contributed by atoms with Crippen molar-refractivity contribution >= 4 is 0 Å². The average molecular weight is 265 g/mol. The third-order valence-electron chi connectivity index (χ3n) is 3.24. The number of rotatable bonds is 9. The molecule has 1 rings (SSSR count). The largest absolute Gasteiger partial charge is 0.496 e. The Balaban J connectivity index is 2.82. The second kappa shape index (κ2) is 8.94. The predicted molar refractivity (Wildman–Crippen MR) is 79.7 cm³/mol. The van der Waals surface area contributed by atoms with Crippen LogP contribution in [0.4, 0.5) is 0 Å². The Bertz CT molecular complexity index is 354. The van der Waals surface area contributed by atoms with E-state index in [0.717, 1.165) is 31.7 Å². The summed E-state index contributed by atoms with van der Waals surface area (Å²) in [7, 11) is 3.49. The lowest BCUT2D eigenvalue weighted by Gasteiger charge is -2.24. The van der Waals surface area contributed by atoms with E-state index in [4.69, 9.17) is 9.47 Å². The Morgan fingerprint density at radius 3 is 2.58 bits per heavy atom. The minimum atomic E-state index is 0.321. The molecule has 1 aromatic carbocycles. The number of hydrogen-bond acceptors (Lipinski definition) is 3. The number of methoxy groups -OCH3 is 2. The molecule has 0 radical (unpaired) electrons. The molecule has 0 aliphatic rings. The summed E-state index contributed by atoms with van der Waals surface area (Å²) in [6.45, 7) is 6.21. The summed E-state index contributed by atoms with van der Waals surface area (Å²) < 4.78 is 10.7. The fourth-order valence-corrected chi connectivity index (χ4v) is 2.35. The van der Waals surface area contributed by atoms with Crippen LogP contribution < -0.4 is 10.1 Å². The molecule has 2 unspecified atom stereocenters. The van der Waals surface area contributed by atoms with Crippen LogP contribution in [0.15, 0.2) is 24.3 Å². The molecule has 1 aromatic rings. The normalized spacial score (nSPS) is 14.1. The van der Waals surface area contributed by atoms with Crippen LogP contribution in [0.5, 0.6) is 5.75 Å². The van der Waals surface area contributed by atoms with Gasteiger partial charge in [-0.25, -0.2) is 0 Å². The highest BCUT2D eigenvalue weighted by Gasteiger charge is 2.18. The van der Waals surface area contributed by atoms with Gasteiger partial charge in [-0.15, -0.1) is 0 Å². The van der Waals surface area contributed by atoms with Crippen molar-refractivity contribution in [1.29, 1.82) is 0 Å². The Morgan fingerprint density at radius 2 is 1.95 bits per heavy atom. The molecule has 0 saturated carbocycles. The van der Waals surface area contributed by atoms with Crippen molar-refractivity contribution in [3.05, 3.63) is 29.8 Å². The molecule has 0 fully saturated rings. The molecule has 0 spiro atoms. The summed E-state index contributed by atoms with van der Waals surface area (Å²) in [5.41, 5.74) is 1.24. The number of benzene rings is 1. The van der Waals surface area contributed by atoms with E-state index >= 15 is 0 Å². The molecule has 0 aromatic heterocycles. The van der Waals surface area contributed by atoms with E-state index < -0.39 is 0 Å². The highest BCUT2D eigenvalue weighted by molar-refractivity contribution is 5.35. The van der Waals surface area contributed by atoms with Crippen molar-refractivity contribution in [2.45, 2.75) is 32.7 Å². The molecule has 0 aliphatic heterocycles. The summed E-state index contributed by atoms with van der Waals surface area (Å²) in [4.78, 5) is 0. The smallest absolute Gasteiger partial charge is 0.123 e. The van der Waals surface area contributed by atoms with Gasteiger partial charge in [0.1, 0.15) is 5.75 Å². The fourth-order valence-electron chi connectivity index (χ4n) is 2.35. The standard InChI is InChI=1S/C16H27NO2/c1-5-10-17-15(11-13(2)12-18-3)14-8-6-7-9-16(14)19-4/h6-9,13,15,17H,5,10-12H2,1-4H3. The van der Waals surface area contributed by atoms with E-state index in [2.05, 4.69) is 31.3 Å². The number of hydrogen-bond donors (Lipinski definition) is 1. The summed E-state index contributed by atoms with van der Waals surface area (Å²) in [6, 6.07) is 8.57. The second-order valence-corrected chi connectivity index (χ2v) is 5.04. The summed E-state index contributed by atoms with van der Waals surface area (Å²) >= 11 is 0. The van der Waals surface area contributed by atoms with Crippen molar-refractivity contribution in [2.75, 3.05) is 27.4 Å². The third-order valence-corrected chi connectivity index (χ3v) is 3.24. The van der Waals surface area contributed by atoms with Gasteiger partial charge in [0.25, 0.3) is 0 Å². The van der Waals surface area contributed by atoms with Crippen LogP contribution in [0.25, 0.3) is 0 Å². The van der Waals surface area contributed by atoms with Gasteiger partial charge in [0.05, 0.1) is 7.11 Å². The van der Waals surface area contributed by atoms with Gasteiger partial charge >= 0.3 is 0 Å². The molecule has 3 heteroatoms. The lowest BCUT2D eigenvalue weighted by Crippen LogP contribution is -2.25. The number of nitrogens with one attached hydrogen (secondary N) is 1. The van der Waals surface area contributed by atoms with E-state index in [1.807, 2.05) is 12.1 Å². The van der Waals surface area contributed by atoms with Crippen LogP contribution in [-0.4, -0.2) is 27.4 Å². The summed E-state index contributed by atoms with van der Waals surface area (Å²) in [5.74, 6) is 1.48. The molecule has 0 bridgehead atoms. The van der Waals surface area contributed by atoms with E-state index in [0.29, 0.717) is 12.0 Å². The molecule has 3 nitrogen and oxygen atoms in total. The molecule has 0 saturated heterocycles. The average Bonchev–Trinajstić information content (AvgIpc) is 2.43. The van der Waals surface area contributed by atoms with Crippen LogP contribution in [0.1, 0.15) is 38.3 Å². The number of ether oxygens (including phenoxy) is 2. The fraction of sp³-hybridized carbons (Fsp3) is 0.625. The quantitative estimate of drug-likeness (QED) is 0.742. The van der Waals surface area contributed by atoms with Crippen LogP contribution in [0.3, 0.4) is 0 Å². The van der Waals surface area contributed by atoms with Crippen molar-refractivity contribution in [2.24, 2.45) is 5.92 Å². The van der Waals surface area contributed by atoms with Crippen LogP contribution in [-0.2, 0) is 4.74 Å². The molecule has 2 atom stereocenters. The van der Waals surface area contributed by atoms with E-state index in [1.165, 1.54) is 5.56 Å². The number of para-hydroxylation sites is 1. The zero-order valence-corrected chi connectivity index (χ0v) is 12.6. The molecular weight excluding hydrogens is 238 g/mol. The van der Waals surface area contributed by atoms with Gasteiger partial charge in [-0.05, 0) is 31.4 Å². The van der Waals surface area contributed by atoms with Crippen molar-refractivity contribution in [3.8, 4) is 5.75 Å². The van der Waals surface area contributed by atoms with Crippen molar-refractivity contribution < 1.29 is 9.47 Å². The van der Waals surface area contributed by atoms with Crippen LogP contribution in [0.2, 0.25) is 0 Å². The molecule has 19 heavy (non-hydrogen) atoms. The van der Waals surface area contributed by atoms with Gasteiger partial charge in [0.2, 0.25) is 0 Å².